The van der Waals surface area contributed by atoms with Gasteiger partial charge in [0.25, 0.3) is 0 Å². The number of carbonyl (C=O) groups excluding carboxylic acids is 2. The van der Waals surface area contributed by atoms with E-state index in [1.54, 1.807) is 32.1 Å². The first kappa shape index (κ1) is 20.0. The lowest BCUT2D eigenvalue weighted by molar-refractivity contribution is -0.127. The van der Waals surface area contributed by atoms with Crippen molar-refractivity contribution in [2.45, 2.75) is 45.0 Å². The fourth-order valence-corrected chi connectivity index (χ4v) is 3.30. The molecule has 0 saturated heterocycles. The predicted octanol–water partition coefficient (Wildman–Crippen LogP) is 2.41. The Bertz CT molecular complexity index is 880. The Labute approximate surface area is 163 Å². The number of carbonyl (C=O) groups is 2. The monoisotopic (exact) mass is 384 g/mol. The summed E-state index contributed by atoms with van der Waals surface area (Å²) >= 11 is 0. The van der Waals surface area contributed by atoms with Gasteiger partial charge in [0.1, 0.15) is 23.5 Å². The summed E-state index contributed by atoms with van der Waals surface area (Å²) in [6, 6.07) is 1.57. The first-order valence-corrected chi connectivity index (χ1v) is 9.30. The van der Waals surface area contributed by atoms with E-state index in [1.807, 2.05) is 12.2 Å². The number of phenols is 1. The van der Waals surface area contributed by atoms with E-state index in [0.717, 1.165) is 11.1 Å². The SMILES string of the molecule is C[C@@H]1/C=C\C(=O)[C@@H](O)[C@@H](O)C/C=C/c2c3c(cc(O)c2C(=O)O[C@H]1C)CC=C3. The minimum Gasteiger partial charge on any atom is -0.507 e. The lowest BCUT2D eigenvalue weighted by atomic mass is 9.94. The maximum atomic E-state index is 12.8. The van der Waals surface area contributed by atoms with Crippen molar-refractivity contribution in [3.05, 3.63) is 52.6 Å². The smallest absolute Gasteiger partial charge is 0.342 e. The van der Waals surface area contributed by atoms with Gasteiger partial charge in [-0.2, -0.15) is 0 Å². The van der Waals surface area contributed by atoms with Gasteiger partial charge >= 0.3 is 5.97 Å². The minimum absolute atomic E-state index is 0.00926. The summed E-state index contributed by atoms with van der Waals surface area (Å²) in [6.07, 6.45) is 6.99. The van der Waals surface area contributed by atoms with Crippen LogP contribution in [-0.2, 0) is 16.0 Å². The number of cyclic esters (lactones) is 1. The summed E-state index contributed by atoms with van der Waals surface area (Å²) in [4.78, 5) is 24.8. The van der Waals surface area contributed by atoms with E-state index in [9.17, 15) is 24.9 Å². The highest BCUT2D eigenvalue weighted by Gasteiger charge is 2.27. The molecule has 3 N–H and O–H groups in total. The third kappa shape index (κ3) is 3.93. The molecule has 2 aliphatic rings. The Balaban J connectivity index is 2.08. The number of benzene rings is 1. The lowest BCUT2D eigenvalue weighted by Gasteiger charge is -2.21. The molecule has 3 rings (SSSR count). The Morgan fingerprint density at radius 3 is 2.50 bits per heavy atom. The molecule has 0 fully saturated rings. The van der Waals surface area contributed by atoms with E-state index in [-0.39, 0.29) is 23.7 Å². The summed E-state index contributed by atoms with van der Waals surface area (Å²) in [5.41, 5.74) is 2.25. The van der Waals surface area contributed by atoms with Crippen molar-refractivity contribution in [2.75, 3.05) is 0 Å². The van der Waals surface area contributed by atoms with Crippen LogP contribution in [0, 0.1) is 5.92 Å². The molecule has 0 radical (unpaired) electrons. The first-order valence-electron chi connectivity index (χ1n) is 9.30. The summed E-state index contributed by atoms with van der Waals surface area (Å²) < 4.78 is 5.53. The van der Waals surface area contributed by atoms with E-state index < -0.39 is 30.1 Å². The maximum absolute atomic E-state index is 12.8. The molecule has 6 nitrogen and oxygen atoms in total. The molecule has 0 saturated carbocycles. The van der Waals surface area contributed by atoms with Gasteiger partial charge < -0.3 is 20.1 Å². The molecule has 6 heteroatoms. The van der Waals surface area contributed by atoms with Crippen LogP contribution in [0.2, 0.25) is 0 Å². The second-order valence-corrected chi connectivity index (χ2v) is 7.24. The van der Waals surface area contributed by atoms with Crippen molar-refractivity contribution in [1.82, 2.24) is 0 Å². The molecular weight excluding hydrogens is 360 g/mol. The fourth-order valence-electron chi connectivity index (χ4n) is 3.30. The molecule has 148 valence electrons. The Hall–Kier alpha value is -2.70. The highest BCUT2D eigenvalue weighted by atomic mass is 16.5. The molecule has 1 aliphatic heterocycles. The number of rotatable bonds is 0. The zero-order chi connectivity index (χ0) is 20.4. The lowest BCUT2D eigenvalue weighted by Crippen LogP contribution is -2.32. The average molecular weight is 384 g/mol. The second-order valence-electron chi connectivity index (χ2n) is 7.24. The number of aliphatic hydroxyl groups excluding tert-OH is 2. The van der Waals surface area contributed by atoms with E-state index in [1.165, 1.54) is 12.2 Å². The van der Waals surface area contributed by atoms with Crippen LogP contribution in [0.3, 0.4) is 0 Å². The normalized spacial score (nSPS) is 30.1. The van der Waals surface area contributed by atoms with Gasteiger partial charge in [0.2, 0.25) is 0 Å². The number of fused-ring (bicyclic) bond motifs is 3. The summed E-state index contributed by atoms with van der Waals surface area (Å²) in [7, 11) is 0. The van der Waals surface area contributed by atoms with Crippen molar-refractivity contribution in [2.24, 2.45) is 5.92 Å². The molecule has 0 spiro atoms. The third-order valence-corrected chi connectivity index (χ3v) is 5.21. The Kier molecular flexibility index (Phi) is 5.82. The summed E-state index contributed by atoms with van der Waals surface area (Å²) in [5, 5.41) is 30.6. The second kappa shape index (κ2) is 8.12. The molecule has 1 aromatic carbocycles. The summed E-state index contributed by atoms with van der Waals surface area (Å²) in [6.45, 7) is 3.46. The standard InChI is InChI=1S/C22H24O6/c1-12-9-10-18(24)21(26)17(23)8-4-7-16-15-6-3-5-14(15)11-19(25)20(16)22(27)28-13(12)2/h3-4,6-7,9-13,17,21,23,25-26H,5,8H2,1-2H3/b7-4+,10-9-/t12-,13+,17+,21+/m1/s1. The predicted molar refractivity (Wildman–Crippen MR) is 105 cm³/mol. The highest BCUT2D eigenvalue weighted by Crippen LogP contribution is 2.35. The quantitative estimate of drug-likeness (QED) is 0.594. The van der Waals surface area contributed by atoms with Crippen LogP contribution in [0.5, 0.6) is 5.75 Å². The molecule has 1 aliphatic carbocycles. The number of esters is 1. The van der Waals surface area contributed by atoms with Crippen LogP contribution in [0.15, 0.2) is 30.4 Å². The van der Waals surface area contributed by atoms with Crippen molar-refractivity contribution in [1.29, 1.82) is 0 Å². The highest BCUT2D eigenvalue weighted by molar-refractivity contribution is 5.99. The zero-order valence-corrected chi connectivity index (χ0v) is 15.8. The number of aliphatic hydroxyl groups is 2. The largest absolute Gasteiger partial charge is 0.507 e. The van der Waals surface area contributed by atoms with E-state index in [0.29, 0.717) is 12.0 Å². The molecular formula is C22H24O6. The maximum Gasteiger partial charge on any atom is 0.342 e. The van der Waals surface area contributed by atoms with Crippen molar-refractivity contribution in [3.8, 4) is 5.75 Å². The minimum atomic E-state index is -1.54. The van der Waals surface area contributed by atoms with Gasteiger partial charge in [0, 0.05) is 5.92 Å². The van der Waals surface area contributed by atoms with Crippen LogP contribution in [0.1, 0.15) is 47.3 Å². The van der Waals surface area contributed by atoms with Crippen LogP contribution >= 0.6 is 0 Å². The summed E-state index contributed by atoms with van der Waals surface area (Å²) in [5.74, 6) is -1.73. The van der Waals surface area contributed by atoms with Crippen LogP contribution in [-0.4, -0.2) is 45.4 Å². The van der Waals surface area contributed by atoms with Gasteiger partial charge in [-0.3, -0.25) is 4.79 Å². The number of hydrogen-bond acceptors (Lipinski definition) is 6. The van der Waals surface area contributed by atoms with Crippen molar-refractivity contribution in [3.63, 3.8) is 0 Å². The van der Waals surface area contributed by atoms with E-state index in [4.69, 9.17) is 4.74 Å². The van der Waals surface area contributed by atoms with Crippen LogP contribution in [0.25, 0.3) is 12.2 Å². The molecule has 4 atom stereocenters. The number of phenolic OH excluding ortho intramolecular Hbond substituents is 1. The van der Waals surface area contributed by atoms with Crippen molar-refractivity contribution < 1.29 is 29.6 Å². The van der Waals surface area contributed by atoms with Gasteiger partial charge in [0.15, 0.2) is 5.78 Å². The van der Waals surface area contributed by atoms with Gasteiger partial charge in [-0.25, -0.2) is 4.79 Å². The van der Waals surface area contributed by atoms with Crippen LogP contribution in [0.4, 0.5) is 0 Å². The molecule has 1 aromatic rings. The molecule has 1 heterocycles. The number of aromatic hydroxyl groups is 1. The third-order valence-electron chi connectivity index (χ3n) is 5.21. The number of ketones is 1. The molecule has 0 unspecified atom stereocenters. The topological polar surface area (TPSA) is 104 Å². The van der Waals surface area contributed by atoms with E-state index >= 15 is 0 Å². The first-order chi connectivity index (χ1) is 13.3. The van der Waals surface area contributed by atoms with Gasteiger partial charge in [-0.05, 0) is 48.6 Å². The molecule has 28 heavy (non-hydrogen) atoms. The van der Waals surface area contributed by atoms with Crippen molar-refractivity contribution >= 4 is 23.9 Å². The Morgan fingerprint density at radius 1 is 1.04 bits per heavy atom. The average Bonchev–Trinajstić information content (AvgIpc) is 3.11. The molecule has 0 aromatic heterocycles. The zero-order valence-electron chi connectivity index (χ0n) is 15.8. The van der Waals surface area contributed by atoms with Gasteiger partial charge in [-0.1, -0.05) is 37.3 Å². The molecule has 0 bridgehead atoms. The van der Waals surface area contributed by atoms with Crippen LogP contribution < -0.4 is 0 Å². The van der Waals surface area contributed by atoms with Gasteiger partial charge in [-0.15, -0.1) is 0 Å². The fraction of sp³-hybridized carbons (Fsp3) is 0.364. The van der Waals surface area contributed by atoms with Gasteiger partial charge in [0.05, 0.1) is 6.10 Å². The van der Waals surface area contributed by atoms with E-state index in [2.05, 4.69) is 0 Å². The number of allylic oxidation sites excluding steroid dienone is 1. The number of ether oxygens (including phenoxy) is 1. The Morgan fingerprint density at radius 2 is 1.75 bits per heavy atom. The molecule has 0 amide bonds. The number of hydrogen-bond donors (Lipinski definition) is 3.